The molecule has 1 aliphatic rings. The SMILES string of the molecule is S=C(NCCc1cccs1)NCc1ccc2c(c1)OCO2. The lowest BCUT2D eigenvalue weighted by molar-refractivity contribution is 0.174. The minimum atomic E-state index is 0.300. The van der Waals surface area contributed by atoms with Crippen LogP contribution in [0.4, 0.5) is 0 Å². The van der Waals surface area contributed by atoms with E-state index < -0.39 is 0 Å². The monoisotopic (exact) mass is 320 g/mol. The number of rotatable bonds is 5. The van der Waals surface area contributed by atoms with Crippen molar-refractivity contribution in [2.75, 3.05) is 13.3 Å². The fourth-order valence-electron chi connectivity index (χ4n) is 2.05. The summed E-state index contributed by atoms with van der Waals surface area (Å²) in [6.07, 6.45) is 0.990. The smallest absolute Gasteiger partial charge is 0.231 e. The summed E-state index contributed by atoms with van der Waals surface area (Å²) in [4.78, 5) is 1.36. The van der Waals surface area contributed by atoms with Gasteiger partial charge < -0.3 is 20.1 Å². The summed E-state index contributed by atoms with van der Waals surface area (Å²) in [6.45, 7) is 1.81. The summed E-state index contributed by atoms with van der Waals surface area (Å²) in [6, 6.07) is 10.1. The molecule has 2 aromatic rings. The maximum absolute atomic E-state index is 5.35. The number of ether oxygens (including phenoxy) is 2. The molecule has 0 unspecified atom stereocenters. The predicted molar refractivity (Wildman–Crippen MR) is 88.0 cm³/mol. The Kier molecular flexibility index (Phi) is 4.57. The van der Waals surface area contributed by atoms with Gasteiger partial charge in [-0.3, -0.25) is 0 Å². The van der Waals surface area contributed by atoms with Crippen molar-refractivity contribution in [3.8, 4) is 11.5 Å². The van der Waals surface area contributed by atoms with Gasteiger partial charge >= 0.3 is 0 Å². The fraction of sp³-hybridized carbons (Fsp3) is 0.267. The van der Waals surface area contributed by atoms with Crippen LogP contribution in [0.2, 0.25) is 0 Å². The highest BCUT2D eigenvalue weighted by atomic mass is 32.1. The summed E-state index contributed by atoms with van der Waals surface area (Å²) in [5, 5.41) is 9.17. The van der Waals surface area contributed by atoms with Gasteiger partial charge in [0.1, 0.15) is 0 Å². The summed E-state index contributed by atoms with van der Waals surface area (Å²) in [7, 11) is 0. The van der Waals surface area contributed by atoms with Crippen molar-refractivity contribution in [1.82, 2.24) is 10.6 Å². The Morgan fingerprint density at radius 3 is 2.95 bits per heavy atom. The zero-order valence-electron chi connectivity index (χ0n) is 11.4. The molecule has 4 nitrogen and oxygen atoms in total. The van der Waals surface area contributed by atoms with Crippen LogP contribution >= 0.6 is 23.6 Å². The summed E-state index contributed by atoms with van der Waals surface area (Å²) in [5.41, 5.74) is 1.11. The van der Waals surface area contributed by atoms with Crippen LogP contribution in [-0.4, -0.2) is 18.5 Å². The normalized spacial score (nSPS) is 12.2. The average Bonchev–Trinajstić information content (AvgIpc) is 3.15. The second-order valence-electron chi connectivity index (χ2n) is 4.63. The molecule has 0 amide bonds. The van der Waals surface area contributed by atoms with Gasteiger partial charge in [-0.1, -0.05) is 12.1 Å². The molecule has 0 bridgehead atoms. The van der Waals surface area contributed by atoms with Gasteiger partial charge in [-0.25, -0.2) is 0 Å². The maximum atomic E-state index is 5.35. The van der Waals surface area contributed by atoms with E-state index in [9.17, 15) is 0 Å². The van der Waals surface area contributed by atoms with Crippen molar-refractivity contribution >= 4 is 28.7 Å². The molecule has 3 rings (SSSR count). The van der Waals surface area contributed by atoms with E-state index in [0.717, 1.165) is 30.0 Å². The number of nitrogens with one attached hydrogen (secondary N) is 2. The molecule has 1 aliphatic heterocycles. The van der Waals surface area contributed by atoms with Crippen molar-refractivity contribution in [3.63, 3.8) is 0 Å². The first-order valence-corrected chi connectivity index (χ1v) is 8.03. The molecule has 0 saturated heterocycles. The van der Waals surface area contributed by atoms with Gasteiger partial charge in [0.2, 0.25) is 6.79 Å². The van der Waals surface area contributed by atoms with Gasteiger partial charge in [-0.2, -0.15) is 0 Å². The van der Waals surface area contributed by atoms with Gasteiger partial charge in [-0.15, -0.1) is 11.3 Å². The number of thiophene rings is 1. The number of hydrogen-bond donors (Lipinski definition) is 2. The van der Waals surface area contributed by atoms with Crippen LogP contribution in [0.5, 0.6) is 11.5 Å². The van der Waals surface area contributed by atoms with Gasteiger partial charge in [0.25, 0.3) is 0 Å². The van der Waals surface area contributed by atoms with Crippen LogP contribution in [0.1, 0.15) is 10.4 Å². The molecule has 0 spiro atoms. The van der Waals surface area contributed by atoms with Gasteiger partial charge in [0.05, 0.1) is 0 Å². The van der Waals surface area contributed by atoms with Gasteiger partial charge in [-0.05, 0) is 47.8 Å². The molecule has 0 fully saturated rings. The van der Waals surface area contributed by atoms with Crippen LogP contribution in [0, 0.1) is 0 Å². The molecule has 110 valence electrons. The third-order valence-corrected chi connectivity index (χ3v) is 4.35. The molecular formula is C15H16N2O2S2. The van der Waals surface area contributed by atoms with E-state index >= 15 is 0 Å². The first-order valence-electron chi connectivity index (χ1n) is 6.74. The van der Waals surface area contributed by atoms with E-state index in [1.165, 1.54) is 4.88 Å². The van der Waals surface area contributed by atoms with Crippen molar-refractivity contribution in [1.29, 1.82) is 0 Å². The second kappa shape index (κ2) is 6.78. The molecule has 1 aromatic heterocycles. The molecule has 1 aromatic carbocycles. The molecular weight excluding hydrogens is 304 g/mol. The number of thiocarbonyl (C=S) groups is 1. The molecule has 0 aliphatic carbocycles. The zero-order valence-corrected chi connectivity index (χ0v) is 13.1. The lowest BCUT2D eigenvalue weighted by Crippen LogP contribution is -2.35. The Labute approximate surface area is 133 Å². The van der Waals surface area contributed by atoms with Crippen molar-refractivity contribution < 1.29 is 9.47 Å². The standard InChI is InChI=1S/C15H16N2O2S2/c20-15(16-6-5-12-2-1-7-21-12)17-9-11-3-4-13-14(8-11)19-10-18-13/h1-4,7-8H,5-6,9-10H2,(H2,16,17,20). The second-order valence-corrected chi connectivity index (χ2v) is 6.07. The Balaban J connectivity index is 1.41. The van der Waals surface area contributed by atoms with E-state index in [4.69, 9.17) is 21.7 Å². The number of benzene rings is 1. The maximum Gasteiger partial charge on any atom is 0.231 e. The molecule has 0 atom stereocenters. The zero-order chi connectivity index (χ0) is 14.5. The first kappa shape index (κ1) is 14.2. The summed E-state index contributed by atoms with van der Waals surface area (Å²) < 4.78 is 10.6. The summed E-state index contributed by atoms with van der Waals surface area (Å²) >= 11 is 7.04. The number of fused-ring (bicyclic) bond motifs is 1. The van der Waals surface area contributed by atoms with Crippen LogP contribution in [0.3, 0.4) is 0 Å². The number of hydrogen-bond acceptors (Lipinski definition) is 4. The largest absolute Gasteiger partial charge is 0.454 e. The van der Waals surface area contributed by atoms with E-state index in [0.29, 0.717) is 18.5 Å². The molecule has 21 heavy (non-hydrogen) atoms. The lowest BCUT2D eigenvalue weighted by atomic mass is 10.2. The third kappa shape index (κ3) is 3.86. The Bertz CT molecular complexity index is 614. The minimum absolute atomic E-state index is 0.300. The quantitative estimate of drug-likeness (QED) is 0.829. The molecule has 2 N–H and O–H groups in total. The Hall–Kier alpha value is -1.79. The Morgan fingerprint density at radius 1 is 1.19 bits per heavy atom. The molecule has 0 radical (unpaired) electrons. The highest BCUT2D eigenvalue weighted by Gasteiger charge is 2.12. The van der Waals surface area contributed by atoms with Crippen LogP contribution in [0.25, 0.3) is 0 Å². The van der Waals surface area contributed by atoms with Gasteiger partial charge in [0, 0.05) is 18.0 Å². The van der Waals surface area contributed by atoms with Crippen molar-refractivity contribution in [2.45, 2.75) is 13.0 Å². The third-order valence-electron chi connectivity index (χ3n) is 3.13. The van der Waals surface area contributed by atoms with E-state index in [1.807, 2.05) is 18.2 Å². The van der Waals surface area contributed by atoms with Crippen molar-refractivity contribution in [2.24, 2.45) is 0 Å². The van der Waals surface area contributed by atoms with E-state index in [-0.39, 0.29) is 0 Å². The first-order chi connectivity index (χ1) is 10.3. The van der Waals surface area contributed by atoms with Crippen LogP contribution in [0.15, 0.2) is 35.7 Å². The topological polar surface area (TPSA) is 42.5 Å². The lowest BCUT2D eigenvalue weighted by Gasteiger charge is -2.10. The van der Waals surface area contributed by atoms with Crippen LogP contribution < -0.4 is 20.1 Å². The predicted octanol–water partition coefficient (Wildman–Crippen LogP) is 2.68. The molecule has 6 heteroatoms. The average molecular weight is 320 g/mol. The highest BCUT2D eigenvalue weighted by Crippen LogP contribution is 2.32. The Morgan fingerprint density at radius 2 is 2.10 bits per heavy atom. The van der Waals surface area contributed by atoms with E-state index in [2.05, 4.69) is 28.1 Å². The van der Waals surface area contributed by atoms with Crippen LogP contribution in [-0.2, 0) is 13.0 Å². The van der Waals surface area contributed by atoms with E-state index in [1.54, 1.807) is 11.3 Å². The summed E-state index contributed by atoms with van der Waals surface area (Å²) in [5.74, 6) is 1.60. The highest BCUT2D eigenvalue weighted by molar-refractivity contribution is 7.80. The minimum Gasteiger partial charge on any atom is -0.454 e. The fourth-order valence-corrected chi connectivity index (χ4v) is 2.93. The molecule has 0 saturated carbocycles. The van der Waals surface area contributed by atoms with Crippen molar-refractivity contribution in [3.05, 3.63) is 46.2 Å². The van der Waals surface area contributed by atoms with Gasteiger partial charge in [0.15, 0.2) is 16.6 Å². The molecule has 2 heterocycles.